The minimum atomic E-state index is -0.166. The van der Waals surface area contributed by atoms with Gasteiger partial charge in [0.25, 0.3) is 0 Å². The zero-order chi connectivity index (χ0) is 10.1. The molecule has 0 aromatic carbocycles. The molecule has 0 bridgehead atoms. The molecule has 0 unspecified atom stereocenters. The number of carbonyl (C=O) groups is 1. The lowest BCUT2D eigenvalue weighted by molar-refractivity contribution is 0.0809. The van der Waals surface area contributed by atoms with Gasteiger partial charge in [-0.1, -0.05) is 13.8 Å². The molecule has 3 nitrogen and oxygen atoms in total. The molecule has 0 aliphatic carbocycles. The van der Waals surface area contributed by atoms with Crippen molar-refractivity contribution in [2.24, 2.45) is 5.41 Å². The van der Waals surface area contributed by atoms with Gasteiger partial charge in [0.2, 0.25) is 0 Å². The fourth-order valence-corrected chi connectivity index (χ4v) is 1.54. The van der Waals surface area contributed by atoms with Crippen LogP contribution < -0.4 is 0 Å². The van der Waals surface area contributed by atoms with E-state index in [9.17, 15) is 4.79 Å². The van der Waals surface area contributed by atoms with E-state index in [0.29, 0.717) is 0 Å². The number of hydrogen-bond donors (Lipinski definition) is 0. The quantitative estimate of drug-likeness (QED) is 0.627. The van der Waals surface area contributed by atoms with Gasteiger partial charge in [0.15, 0.2) is 0 Å². The SMILES string of the molecule is CC(C)OC(=O)N1CCC(C)(C)C1. The molecule has 1 fully saturated rings. The Labute approximate surface area is 80.1 Å². The summed E-state index contributed by atoms with van der Waals surface area (Å²) in [5, 5.41) is 0. The maximum atomic E-state index is 11.4. The lowest BCUT2D eigenvalue weighted by Gasteiger charge is -2.20. The summed E-state index contributed by atoms with van der Waals surface area (Å²) >= 11 is 0. The maximum Gasteiger partial charge on any atom is 0.410 e. The third-order valence-corrected chi connectivity index (χ3v) is 2.27. The Morgan fingerprint density at radius 2 is 2.08 bits per heavy atom. The average molecular weight is 185 g/mol. The van der Waals surface area contributed by atoms with E-state index in [1.165, 1.54) is 0 Å². The molecule has 1 saturated heterocycles. The first-order valence-electron chi connectivity index (χ1n) is 4.86. The fraction of sp³-hybridized carbons (Fsp3) is 0.900. The van der Waals surface area contributed by atoms with Gasteiger partial charge in [-0.25, -0.2) is 4.79 Å². The summed E-state index contributed by atoms with van der Waals surface area (Å²) in [6.07, 6.45) is 0.886. The van der Waals surface area contributed by atoms with Crippen molar-refractivity contribution in [3.63, 3.8) is 0 Å². The largest absolute Gasteiger partial charge is 0.447 e. The molecule has 13 heavy (non-hydrogen) atoms. The summed E-state index contributed by atoms with van der Waals surface area (Å²) in [5.74, 6) is 0. The van der Waals surface area contributed by atoms with E-state index in [-0.39, 0.29) is 17.6 Å². The Morgan fingerprint density at radius 3 is 2.46 bits per heavy atom. The smallest absolute Gasteiger partial charge is 0.410 e. The first kappa shape index (κ1) is 10.4. The highest BCUT2D eigenvalue weighted by atomic mass is 16.6. The average Bonchev–Trinajstić information content (AvgIpc) is 2.28. The molecule has 0 atom stereocenters. The molecule has 0 radical (unpaired) electrons. The van der Waals surface area contributed by atoms with Crippen LogP contribution in [-0.2, 0) is 4.74 Å². The number of likely N-dealkylation sites (tertiary alicyclic amines) is 1. The standard InChI is InChI=1S/C10H19NO2/c1-8(2)13-9(12)11-6-5-10(3,4)7-11/h8H,5-7H2,1-4H3. The van der Waals surface area contributed by atoms with Gasteiger partial charge in [0.05, 0.1) is 6.10 Å². The van der Waals surface area contributed by atoms with Crippen LogP contribution in [0.2, 0.25) is 0 Å². The molecule has 1 aliphatic heterocycles. The summed E-state index contributed by atoms with van der Waals surface area (Å²) < 4.78 is 5.11. The number of ether oxygens (including phenoxy) is 1. The number of carbonyl (C=O) groups excluding carboxylic acids is 1. The topological polar surface area (TPSA) is 29.5 Å². The van der Waals surface area contributed by atoms with E-state index < -0.39 is 0 Å². The van der Waals surface area contributed by atoms with Crippen LogP contribution in [0, 0.1) is 5.41 Å². The van der Waals surface area contributed by atoms with E-state index in [2.05, 4.69) is 13.8 Å². The van der Waals surface area contributed by atoms with Gasteiger partial charge in [-0.2, -0.15) is 0 Å². The van der Waals surface area contributed by atoms with Gasteiger partial charge in [-0.15, -0.1) is 0 Å². The Hall–Kier alpha value is -0.730. The maximum absolute atomic E-state index is 11.4. The van der Waals surface area contributed by atoms with E-state index in [4.69, 9.17) is 4.74 Å². The summed E-state index contributed by atoms with van der Waals surface area (Å²) in [7, 11) is 0. The summed E-state index contributed by atoms with van der Waals surface area (Å²) in [6, 6.07) is 0. The normalized spacial score (nSPS) is 20.8. The molecule has 1 amide bonds. The number of rotatable bonds is 1. The van der Waals surface area contributed by atoms with Gasteiger partial charge in [0, 0.05) is 13.1 Å². The molecule has 1 rings (SSSR count). The molecular weight excluding hydrogens is 166 g/mol. The molecule has 76 valence electrons. The highest BCUT2D eigenvalue weighted by molar-refractivity contribution is 5.68. The van der Waals surface area contributed by atoms with Gasteiger partial charge in [-0.05, 0) is 25.7 Å². The molecule has 0 aromatic rings. The van der Waals surface area contributed by atoms with E-state index >= 15 is 0 Å². The fourth-order valence-electron chi connectivity index (χ4n) is 1.54. The lowest BCUT2D eigenvalue weighted by Crippen LogP contribution is -2.32. The highest BCUT2D eigenvalue weighted by Gasteiger charge is 2.32. The second kappa shape index (κ2) is 3.56. The number of hydrogen-bond acceptors (Lipinski definition) is 2. The molecule has 0 aromatic heterocycles. The Bertz CT molecular complexity index is 199. The summed E-state index contributed by atoms with van der Waals surface area (Å²) in [4.78, 5) is 13.2. The third kappa shape index (κ3) is 2.90. The molecule has 3 heteroatoms. The zero-order valence-electron chi connectivity index (χ0n) is 8.96. The number of amides is 1. The Morgan fingerprint density at radius 1 is 1.46 bits per heavy atom. The monoisotopic (exact) mass is 185 g/mol. The minimum absolute atomic E-state index is 0.0174. The van der Waals surface area contributed by atoms with Crippen LogP contribution in [0.25, 0.3) is 0 Å². The van der Waals surface area contributed by atoms with Gasteiger partial charge in [0.1, 0.15) is 0 Å². The molecule has 1 aliphatic rings. The second-order valence-corrected chi connectivity index (χ2v) is 4.77. The predicted octanol–water partition coefficient (Wildman–Crippen LogP) is 2.26. The van der Waals surface area contributed by atoms with Gasteiger partial charge in [-0.3, -0.25) is 0 Å². The van der Waals surface area contributed by atoms with Crippen molar-refractivity contribution in [3.8, 4) is 0 Å². The third-order valence-electron chi connectivity index (χ3n) is 2.27. The van der Waals surface area contributed by atoms with Crippen molar-refractivity contribution in [3.05, 3.63) is 0 Å². The minimum Gasteiger partial charge on any atom is -0.447 e. The Kier molecular flexibility index (Phi) is 2.84. The van der Waals surface area contributed by atoms with Crippen LogP contribution in [0.1, 0.15) is 34.1 Å². The van der Waals surface area contributed by atoms with Crippen molar-refractivity contribution < 1.29 is 9.53 Å². The van der Waals surface area contributed by atoms with Crippen molar-refractivity contribution in [1.29, 1.82) is 0 Å². The van der Waals surface area contributed by atoms with Crippen molar-refractivity contribution in [2.75, 3.05) is 13.1 Å². The van der Waals surface area contributed by atoms with E-state index in [1.54, 1.807) is 4.90 Å². The molecule has 1 heterocycles. The Balaban J connectivity index is 2.42. The zero-order valence-corrected chi connectivity index (χ0v) is 8.96. The number of nitrogens with zero attached hydrogens (tertiary/aromatic N) is 1. The molecule has 0 N–H and O–H groups in total. The lowest BCUT2D eigenvalue weighted by atomic mass is 9.93. The second-order valence-electron chi connectivity index (χ2n) is 4.77. The molecular formula is C10H19NO2. The van der Waals surface area contributed by atoms with Crippen LogP contribution in [0.3, 0.4) is 0 Å². The molecule has 0 saturated carbocycles. The summed E-state index contributed by atoms with van der Waals surface area (Å²) in [5.41, 5.74) is 0.260. The van der Waals surface area contributed by atoms with Crippen LogP contribution in [-0.4, -0.2) is 30.2 Å². The van der Waals surface area contributed by atoms with Crippen molar-refractivity contribution in [1.82, 2.24) is 4.90 Å². The van der Waals surface area contributed by atoms with Gasteiger partial charge < -0.3 is 9.64 Å². The van der Waals surface area contributed by atoms with Crippen molar-refractivity contribution in [2.45, 2.75) is 40.2 Å². The first-order valence-corrected chi connectivity index (χ1v) is 4.86. The summed E-state index contributed by atoms with van der Waals surface area (Å²) in [6.45, 7) is 9.75. The van der Waals surface area contributed by atoms with E-state index in [0.717, 1.165) is 19.5 Å². The highest BCUT2D eigenvalue weighted by Crippen LogP contribution is 2.29. The predicted molar refractivity (Wildman–Crippen MR) is 51.6 cm³/mol. The van der Waals surface area contributed by atoms with Crippen LogP contribution >= 0.6 is 0 Å². The molecule has 0 spiro atoms. The van der Waals surface area contributed by atoms with Crippen LogP contribution in [0.4, 0.5) is 4.79 Å². The van der Waals surface area contributed by atoms with Crippen molar-refractivity contribution >= 4 is 6.09 Å². The van der Waals surface area contributed by atoms with Gasteiger partial charge >= 0.3 is 6.09 Å². The van der Waals surface area contributed by atoms with Crippen LogP contribution in [0.5, 0.6) is 0 Å². The van der Waals surface area contributed by atoms with E-state index in [1.807, 2.05) is 13.8 Å². The van der Waals surface area contributed by atoms with Crippen LogP contribution in [0.15, 0.2) is 0 Å². The first-order chi connectivity index (χ1) is 5.91.